The fourth-order valence-corrected chi connectivity index (χ4v) is 4.36. The highest BCUT2D eigenvalue weighted by Gasteiger charge is 2.48. The van der Waals surface area contributed by atoms with Gasteiger partial charge in [-0.2, -0.15) is 25.5 Å². The van der Waals surface area contributed by atoms with Crippen molar-refractivity contribution in [3.05, 3.63) is 48.5 Å². The summed E-state index contributed by atoms with van der Waals surface area (Å²) in [5.41, 5.74) is 9.93. The molecule has 0 aliphatic heterocycles. The number of aromatic nitrogens is 6. The minimum atomic E-state index is -0.533. The maximum absolute atomic E-state index is 9.33. The van der Waals surface area contributed by atoms with Crippen LogP contribution in [0.4, 0.5) is 5.82 Å². The SMILES string of the molecule is Cc1ncc(N)nc1-c1cc(-c2cnn(C3(CC#N)CC(C#N)C3)n2)c2cccnc2c1. The van der Waals surface area contributed by atoms with Crippen LogP contribution in [-0.4, -0.2) is 29.9 Å². The van der Waals surface area contributed by atoms with E-state index < -0.39 is 5.54 Å². The van der Waals surface area contributed by atoms with E-state index in [9.17, 15) is 10.5 Å². The Labute approximate surface area is 184 Å². The molecule has 5 rings (SSSR count). The van der Waals surface area contributed by atoms with Gasteiger partial charge >= 0.3 is 0 Å². The van der Waals surface area contributed by atoms with Gasteiger partial charge in [-0.05, 0) is 38.0 Å². The van der Waals surface area contributed by atoms with Crippen LogP contribution in [0.25, 0.3) is 33.4 Å². The van der Waals surface area contributed by atoms with Crippen molar-refractivity contribution in [2.45, 2.75) is 31.7 Å². The molecule has 9 nitrogen and oxygen atoms in total. The predicted molar refractivity (Wildman–Crippen MR) is 117 cm³/mol. The average Bonchev–Trinajstić information content (AvgIpc) is 3.27. The van der Waals surface area contributed by atoms with E-state index in [1.165, 1.54) is 6.20 Å². The van der Waals surface area contributed by atoms with E-state index in [2.05, 4.69) is 32.2 Å². The highest BCUT2D eigenvalue weighted by molar-refractivity contribution is 5.97. The molecule has 1 aliphatic carbocycles. The van der Waals surface area contributed by atoms with E-state index in [1.54, 1.807) is 17.2 Å². The summed E-state index contributed by atoms with van der Waals surface area (Å²) in [7, 11) is 0. The molecule has 0 radical (unpaired) electrons. The molecule has 0 bridgehead atoms. The van der Waals surface area contributed by atoms with Gasteiger partial charge in [0.25, 0.3) is 0 Å². The Kier molecular flexibility index (Phi) is 4.53. The van der Waals surface area contributed by atoms with Gasteiger partial charge in [-0.3, -0.25) is 9.97 Å². The number of hydrogen-bond acceptors (Lipinski definition) is 8. The molecule has 9 heteroatoms. The molecule has 0 amide bonds. The fourth-order valence-electron chi connectivity index (χ4n) is 4.36. The summed E-state index contributed by atoms with van der Waals surface area (Å²) in [6, 6.07) is 12.3. The van der Waals surface area contributed by atoms with Gasteiger partial charge in [0.15, 0.2) is 0 Å². The molecule has 0 atom stereocenters. The summed E-state index contributed by atoms with van der Waals surface area (Å²) >= 11 is 0. The molecule has 32 heavy (non-hydrogen) atoms. The quantitative estimate of drug-likeness (QED) is 0.528. The summed E-state index contributed by atoms with van der Waals surface area (Å²) in [4.78, 5) is 14.9. The van der Waals surface area contributed by atoms with Gasteiger partial charge < -0.3 is 5.73 Å². The first kappa shape index (κ1) is 19.6. The molecule has 0 spiro atoms. The van der Waals surface area contributed by atoms with Gasteiger partial charge in [0.1, 0.15) is 11.5 Å². The lowest BCUT2D eigenvalue weighted by molar-refractivity contribution is 0.0713. The number of nitriles is 2. The summed E-state index contributed by atoms with van der Waals surface area (Å²) in [5.74, 6) is 0.269. The number of nitrogens with zero attached hydrogens (tertiary/aromatic N) is 8. The van der Waals surface area contributed by atoms with Crippen molar-refractivity contribution in [3.8, 4) is 34.7 Å². The number of anilines is 1. The fraction of sp³-hybridized carbons (Fsp3) is 0.261. The Hall–Kier alpha value is -4.37. The lowest BCUT2D eigenvalue weighted by Crippen LogP contribution is -2.47. The standard InChI is InChI=1S/C23H19N9/c1-14-22(30-21(26)13-28-14)16-7-18(17-3-2-6-27-19(17)8-16)20-12-29-32(31-20)23(4-5-24)9-15(10-23)11-25/h2-3,6-8,12-13,15H,4,9-10H2,1H3,(H2,26,30). The monoisotopic (exact) mass is 421 g/mol. The number of fused-ring (bicyclic) bond motifs is 1. The third kappa shape index (κ3) is 3.12. The molecule has 3 heterocycles. The maximum atomic E-state index is 9.33. The third-order valence-corrected chi connectivity index (χ3v) is 6.00. The lowest BCUT2D eigenvalue weighted by Gasteiger charge is -2.42. The smallest absolute Gasteiger partial charge is 0.142 e. The van der Waals surface area contributed by atoms with Gasteiger partial charge in [0.2, 0.25) is 0 Å². The van der Waals surface area contributed by atoms with Crippen LogP contribution >= 0.6 is 0 Å². The lowest BCUT2D eigenvalue weighted by atomic mass is 9.68. The van der Waals surface area contributed by atoms with Crippen molar-refractivity contribution < 1.29 is 0 Å². The molecular formula is C23H19N9. The first-order valence-corrected chi connectivity index (χ1v) is 10.2. The number of nitrogens with two attached hydrogens (primary N) is 1. The minimum absolute atomic E-state index is 0.0729. The van der Waals surface area contributed by atoms with E-state index >= 15 is 0 Å². The summed E-state index contributed by atoms with van der Waals surface area (Å²) < 4.78 is 0. The maximum Gasteiger partial charge on any atom is 0.142 e. The van der Waals surface area contributed by atoms with Gasteiger partial charge in [-0.25, -0.2) is 4.98 Å². The van der Waals surface area contributed by atoms with Gasteiger partial charge in [0.05, 0.1) is 59.3 Å². The Morgan fingerprint density at radius 1 is 1.22 bits per heavy atom. The first-order chi connectivity index (χ1) is 15.5. The summed E-state index contributed by atoms with van der Waals surface area (Å²) in [6.45, 7) is 1.88. The van der Waals surface area contributed by atoms with Crippen LogP contribution < -0.4 is 5.73 Å². The van der Waals surface area contributed by atoms with Crippen LogP contribution in [0.3, 0.4) is 0 Å². The van der Waals surface area contributed by atoms with Crippen LogP contribution in [0.2, 0.25) is 0 Å². The van der Waals surface area contributed by atoms with Gasteiger partial charge in [-0.15, -0.1) is 0 Å². The molecule has 1 aromatic carbocycles. The first-order valence-electron chi connectivity index (χ1n) is 10.2. The van der Waals surface area contributed by atoms with Crippen LogP contribution in [-0.2, 0) is 5.54 Å². The van der Waals surface area contributed by atoms with E-state index in [0.717, 1.165) is 27.7 Å². The molecule has 4 aromatic rings. The molecule has 3 aromatic heterocycles. The van der Waals surface area contributed by atoms with E-state index in [-0.39, 0.29) is 12.3 Å². The van der Waals surface area contributed by atoms with E-state index in [1.807, 2.05) is 31.2 Å². The zero-order valence-corrected chi connectivity index (χ0v) is 17.4. The molecule has 0 unspecified atom stereocenters. The molecule has 1 fully saturated rings. The number of nitrogen functional groups attached to an aromatic ring is 1. The van der Waals surface area contributed by atoms with Crippen LogP contribution in [0, 0.1) is 35.5 Å². The van der Waals surface area contributed by atoms with Gasteiger partial charge in [-0.1, -0.05) is 6.07 Å². The molecule has 1 saturated carbocycles. The Bertz CT molecular complexity index is 1420. The Morgan fingerprint density at radius 2 is 2.06 bits per heavy atom. The molecule has 1 aliphatic rings. The molecule has 2 N–H and O–H groups in total. The van der Waals surface area contributed by atoms with Crippen molar-refractivity contribution in [3.63, 3.8) is 0 Å². The second-order valence-electron chi connectivity index (χ2n) is 8.14. The van der Waals surface area contributed by atoms with Crippen molar-refractivity contribution >= 4 is 16.7 Å². The highest BCUT2D eigenvalue weighted by atomic mass is 15.5. The minimum Gasteiger partial charge on any atom is -0.382 e. The second kappa shape index (κ2) is 7.40. The summed E-state index contributed by atoms with van der Waals surface area (Å²) in [5, 5.41) is 28.7. The van der Waals surface area contributed by atoms with Crippen LogP contribution in [0.5, 0.6) is 0 Å². The zero-order chi connectivity index (χ0) is 22.3. The third-order valence-electron chi connectivity index (χ3n) is 6.00. The number of aryl methyl sites for hydroxylation is 1. The van der Waals surface area contributed by atoms with Crippen LogP contribution in [0.1, 0.15) is 25.0 Å². The number of benzene rings is 1. The second-order valence-corrected chi connectivity index (χ2v) is 8.14. The summed E-state index contributed by atoms with van der Waals surface area (Å²) in [6.07, 6.45) is 6.38. The predicted octanol–water partition coefficient (Wildman–Crippen LogP) is 3.38. The number of hydrogen-bond donors (Lipinski definition) is 1. The Balaban J connectivity index is 1.65. The topological polar surface area (TPSA) is 143 Å². The largest absolute Gasteiger partial charge is 0.382 e. The zero-order valence-electron chi connectivity index (χ0n) is 17.4. The van der Waals surface area contributed by atoms with E-state index in [4.69, 9.17) is 10.8 Å². The van der Waals surface area contributed by atoms with Crippen molar-refractivity contribution in [2.24, 2.45) is 5.92 Å². The van der Waals surface area contributed by atoms with Crippen LogP contribution in [0.15, 0.2) is 42.9 Å². The average molecular weight is 421 g/mol. The van der Waals surface area contributed by atoms with Crippen molar-refractivity contribution in [2.75, 3.05) is 5.73 Å². The molecule has 156 valence electrons. The van der Waals surface area contributed by atoms with Crippen molar-refractivity contribution in [1.29, 1.82) is 10.5 Å². The number of pyridine rings is 1. The Morgan fingerprint density at radius 3 is 2.84 bits per heavy atom. The normalized spacial score (nSPS) is 19.8. The van der Waals surface area contributed by atoms with Gasteiger partial charge in [0, 0.05) is 22.7 Å². The van der Waals surface area contributed by atoms with Crippen molar-refractivity contribution in [1.82, 2.24) is 29.9 Å². The highest BCUT2D eigenvalue weighted by Crippen LogP contribution is 2.45. The van der Waals surface area contributed by atoms with E-state index in [0.29, 0.717) is 30.0 Å². The molecule has 0 saturated heterocycles. The number of rotatable bonds is 4. The molecular weight excluding hydrogens is 402 g/mol.